The van der Waals surface area contributed by atoms with Crippen molar-refractivity contribution in [1.82, 2.24) is 9.55 Å². The summed E-state index contributed by atoms with van der Waals surface area (Å²) in [4.78, 5) is 4.33. The van der Waals surface area contributed by atoms with Crippen molar-refractivity contribution in [2.24, 2.45) is 5.92 Å². The van der Waals surface area contributed by atoms with Crippen molar-refractivity contribution in [2.45, 2.75) is 25.8 Å². The van der Waals surface area contributed by atoms with Gasteiger partial charge >= 0.3 is 0 Å². The monoisotopic (exact) mass is 314 g/mol. The molecule has 0 spiro atoms. The number of nitrogens with zero attached hydrogens (tertiary/aromatic N) is 2. The van der Waals surface area contributed by atoms with E-state index in [2.05, 4.69) is 4.98 Å². The van der Waals surface area contributed by atoms with E-state index in [1.165, 1.54) is 6.07 Å². The predicted octanol–water partition coefficient (Wildman–Crippen LogP) is 3.69. The first kappa shape index (κ1) is 14.7. The number of hydrogen-bond donors (Lipinski definition) is 0. The molecule has 2 atom stereocenters. The number of hydrogen-bond acceptors (Lipinski definition) is 2. The molecule has 6 heteroatoms. The van der Waals surface area contributed by atoms with Crippen LogP contribution in [-0.4, -0.2) is 28.6 Å². The lowest BCUT2D eigenvalue weighted by Gasteiger charge is -2.22. The Bertz CT molecular complexity index is 653. The van der Waals surface area contributed by atoms with E-state index in [1.54, 1.807) is 0 Å². The largest absolute Gasteiger partial charge is 0.381 e. The Morgan fingerprint density at radius 3 is 2.95 bits per heavy atom. The molecule has 0 N–H and O–H groups in total. The maximum atomic E-state index is 13.9. The van der Waals surface area contributed by atoms with Crippen LogP contribution < -0.4 is 0 Å². The van der Waals surface area contributed by atoms with E-state index in [9.17, 15) is 8.78 Å². The van der Waals surface area contributed by atoms with Gasteiger partial charge in [-0.1, -0.05) is 0 Å². The van der Waals surface area contributed by atoms with Crippen molar-refractivity contribution in [1.29, 1.82) is 0 Å². The van der Waals surface area contributed by atoms with Crippen LogP contribution in [-0.2, 0) is 11.2 Å². The molecule has 1 aromatic carbocycles. The molecule has 0 amide bonds. The fourth-order valence-corrected chi connectivity index (χ4v) is 3.20. The molecule has 0 radical (unpaired) electrons. The number of aryl methyl sites for hydroxylation is 1. The van der Waals surface area contributed by atoms with E-state index in [-0.39, 0.29) is 11.6 Å². The molecule has 2 unspecified atom stereocenters. The van der Waals surface area contributed by atoms with Crippen molar-refractivity contribution in [3.63, 3.8) is 0 Å². The summed E-state index contributed by atoms with van der Waals surface area (Å²) in [5, 5.41) is 0. The van der Waals surface area contributed by atoms with Crippen molar-refractivity contribution in [2.75, 3.05) is 19.1 Å². The topological polar surface area (TPSA) is 27.1 Å². The molecule has 3 rings (SSSR count). The maximum absolute atomic E-state index is 13.9. The van der Waals surface area contributed by atoms with Crippen LogP contribution in [0, 0.1) is 17.6 Å². The highest BCUT2D eigenvalue weighted by Crippen LogP contribution is 2.32. The molecule has 0 saturated carbocycles. The van der Waals surface area contributed by atoms with Crippen LogP contribution in [0.4, 0.5) is 8.78 Å². The number of fused-ring (bicyclic) bond motifs is 1. The third-order valence-corrected chi connectivity index (χ3v) is 4.35. The van der Waals surface area contributed by atoms with Gasteiger partial charge in [0.05, 0.1) is 12.1 Å². The summed E-state index contributed by atoms with van der Waals surface area (Å²) >= 11 is 5.83. The van der Waals surface area contributed by atoms with Gasteiger partial charge in [0.25, 0.3) is 0 Å². The highest BCUT2D eigenvalue weighted by atomic mass is 35.5. The highest BCUT2D eigenvalue weighted by Gasteiger charge is 2.27. The molecule has 3 nitrogen and oxygen atoms in total. The van der Waals surface area contributed by atoms with Gasteiger partial charge in [0.15, 0.2) is 5.82 Å². The zero-order chi connectivity index (χ0) is 15.0. The van der Waals surface area contributed by atoms with E-state index < -0.39 is 11.6 Å². The summed E-state index contributed by atoms with van der Waals surface area (Å²) in [5.41, 5.74) is 0.703. The van der Waals surface area contributed by atoms with Crippen molar-refractivity contribution in [3.05, 3.63) is 29.6 Å². The molecule has 1 saturated heterocycles. The quantitative estimate of drug-likeness (QED) is 0.805. The zero-order valence-electron chi connectivity index (χ0n) is 11.8. The molecule has 1 aliphatic rings. The zero-order valence-corrected chi connectivity index (χ0v) is 12.5. The van der Waals surface area contributed by atoms with E-state index in [0.29, 0.717) is 36.2 Å². The number of benzene rings is 1. The highest BCUT2D eigenvalue weighted by molar-refractivity contribution is 6.17. The molecule has 0 aliphatic carbocycles. The summed E-state index contributed by atoms with van der Waals surface area (Å²) in [6.07, 6.45) is 1.47. The fraction of sp³-hybridized carbons (Fsp3) is 0.533. The van der Waals surface area contributed by atoms with Crippen LogP contribution in [0.1, 0.15) is 25.2 Å². The van der Waals surface area contributed by atoms with Crippen molar-refractivity contribution < 1.29 is 13.5 Å². The van der Waals surface area contributed by atoms with Crippen molar-refractivity contribution >= 4 is 22.6 Å². The third kappa shape index (κ3) is 2.64. The number of halogens is 3. The Labute approximate surface area is 126 Å². The maximum Gasteiger partial charge on any atom is 0.153 e. The lowest BCUT2D eigenvalue weighted by atomic mass is 10.00. The lowest BCUT2D eigenvalue weighted by molar-refractivity contribution is 0.175. The van der Waals surface area contributed by atoms with Gasteiger partial charge < -0.3 is 9.30 Å². The van der Waals surface area contributed by atoms with Crippen LogP contribution in [0.15, 0.2) is 12.1 Å². The smallest absolute Gasteiger partial charge is 0.153 e. The second-order valence-corrected chi connectivity index (χ2v) is 5.83. The number of alkyl halides is 1. The molecule has 2 aromatic rings. The van der Waals surface area contributed by atoms with Gasteiger partial charge in [-0.05, 0) is 19.4 Å². The van der Waals surface area contributed by atoms with Crippen LogP contribution in [0.3, 0.4) is 0 Å². The minimum absolute atomic E-state index is 0.0666. The van der Waals surface area contributed by atoms with Crippen LogP contribution in [0.2, 0.25) is 0 Å². The van der Waals surface area contributed by atoms with Gasteiger partial charge in [0.2, 0.25) is 0 Å². The Hall–Kier alpha value is -1.20. The molecule has 1 aliphatic heterocycles. The standard InChI is InChI=1S/C15H17ClF2N2O/c1-9(10-3-5-21-8-10)20-13-7-11(17)6-12(18)15(13)19-14(20)2-4-16/h6-7,9-10H,2-5,8H2,1H3. The molecule has 0 bridgehead atoms. The van der Waals surface area contributed by atoms with Crippen LogP contribution >= 0.6 is 11.6 Å². The van der Waals surface area contributed by atoms with Gasteiger partial charge in [0.1, 0.15) is 17.2 Å². The minimum atomic E-state index is -0.630. The van der Waals surface area contributed by atoms with E-state index in [0.717, 1.165) is 19.1 Å². The van der Waals surface area contributed by atoms with Gasteiger partial charge in [-0.15, -0.1) is 11.6 Å². The van der Waals surface area contributed by atoms with Crippen LogP contribution in [0.5, 0.6) is 0 Å². The fourth-order valence-electron chi connectivity index (χ4n) is 3.03. The summed E-state index contributed by atoms with van der Waals surface area (Å²) in [5.74, 6) is 0.191. The summed E-state index contributed by atoms with van der Waals surface area (Å²) < 4.78 is 34.9. The average molecular weight is 315 g/mol. The molecular formula is C15H17ClF2N2O. The van der Waals surface area contributed by atoms with Crippen LogP contribution in [0.25, 0.3) is 11.0 Å². The molecule has 2 heterocycles. The van der Waals surface area contributed by atoms with Gasteiger partial charge in [-0.25, -0.2) is 13.8 Å². The Morgan fingerprint density at radius 1 is 1.48 bits per heavy atom. The van der Waals surface area contributed by atoms with Gasteiger partial charge in [0, 0.05) is 36.9 Å². The third-order valence-electron chi connectivity index (χ3n) is 4.16. The lowest BCUT2D eigenvalue weighted by Crippen LogP contribution is -2.19. The molecule has 1 fully saturated rings. The number of aromatic nitrogens is 2. The first-order chi connectivity index (χ1) is 10.1. The summed E-state index contributed by atoms with van der Waals surface area (Å²) in [6, 6.07) is 2.28. The van der Waals surface area contributed by atoms with E-state index in [4.69, 9.17) is 16.3 Å². The minimum Gasteiger partial charge on any atom is -0.381 e. The molecule has 1 aromatic heterocycles. The van der Waals surface area contributed by atoms with E-state index >= 15 is 0 Å². The summed E-state index contributed by atoms with van der Waals surface area (Å²) in [6.45, 7) is 3.44. The van der Waals surface area contributed by atoms with Gasteiger partial charge in [-0.3, -0.25) is 0 Å². The Balaban J connectivity index is 2.14. The Kier molecular flexibility index (Phi) is 4.13. The normalized spacial score (nSPS) is 20.3. The number of imidazole rings is 1. The predicted molar refractivity (Wildman–Crippen MR) is 77.7 cm³/mol. The SMILES string of the molecule is CC(C1CCOC1)n1c(CCCl)nc2c(F)cc(F)cc21. The van der Waals surface area contributed by atoms with E-state index in [1.807, 2.05) is 11.5 Å². The van der Waals surface area contributed by atoms with Gasteiger partial charge in [-0.2, -0.15) is 0 Å². The first-order valence-corrected chi connectivity index (χ1v) is 7.65. The second kappa shape index (κ2) is 5.89. The Morgan fingerprint density at radius 2 is 2.29 bits per heavy atom. The summed E-state index contributed by atoms with van der Waals surface area (Å²) in [7, 11) is 0. The average Bonchev–Trinajstić information content (AvgIpc) is 3.06. The number of ether oxygens (including phenoxy) is 1. The molecule has 21 heavy (non-hydrogen) atoms. The number of rotatable bonds is 4. The molecular weight excluding hydrogens is 298 g/mol. The second-order valence-electron chi connectivity index (χ2n) is 5.46. The molecule has 114 valence electrons. The van der Waals surface area contributed by atoms with Crippen molar-refractivity contribution in [3.8, 4) is 0 Å². The first-order valence-electron chi connectivity index (χ1n) is 7.11.